The lowest BCUT2D eigenvalue weighted by Gasteiger charge is -2.02. The minimum atomic E-state index is 0.851. The van der Waals surface area contributed by atoms with Gasteiger partial charge in [-0.2, -0.15) is 0 Å². The second kappa shape index (κ2) is 6.06. The van der Waals surface area contributed by atoms with Crippen LogP contribution in [0, 0.1) is 13.8 Å². The predicted octanol–water partition coefficient (Wildman–Crippen LogP) is 4.71. The molecule has 5 heteroatoms. The van der Waals surface area contributed by atoms with Crippen molar-refractivity contribution in [2.75, 3.05) is 0 Å². The van der Waals surface area contributed by atoms with Crippen LogP contribution in [-0.2, 0) is 6.42 Å². The molecule has 0 unspecified atom stereocenters. The number of nitrogens with zero attached hydrogens (tertiary/aromatic N) is 3. The lowest BCUT2D eigenvalue weighted by Crippen LogP contribution is -1.88. The molecule has 0 aliphatic heterocycles. The Bertz CT molecular complexity index is 1260. The van der Waals surface area contributed by atoms with Gasteiger partial charge in [0.2, 0.25) is 0 Å². The van der Waals surface area contributed by atoms with Crippen molar-refractivity contribution in [1.29, 1.82) is 0 Å². The quantitative estimate of drug-likeness (QED) is 0.493. The van der Waals surface area contributed by atoms with Gasteiger partial charge in [0.1, 0.15) is 11.6 Å². The summed E-state index contributed by atoms with van der Waals surface area (Å²) < 4.78 is 0. The first-order chi connectivity index (χ1) is 13.1. The number of fused-ring (bicyclic) bond motifs is 2. The first-order valence-electron chi connectivity index (χ1n) is 9.01. The number of benzene rings is 2. The van der Waals surface area contributed by atoms with Gasteiger partial charge in [0.15, 0.2) is 0 Å². The fourth-order valence-electron chi connectivity index (χ4n) is 3.44. The van der Waals surface area contributed by atoms with Crippen molar-refractivity contribution < 1.29 is 0 Å². The average Bonchev–Trinajstić information content (AvgIpc) is 3.24. The van der Waals surface area contributed by atoms with Crippen LogP contribution in [0.25, 0.3) is 33.5 Å². The van der Waals surface area contributed by atoms with Crippen LogP contribution in [0.3, 0.4) is 0 Å². The van der Waals surface area contributed by atoms with Crippen molar-refractivity contribution in [2.24, 2.45) is 0 Å². The van der Waals surface area contributed by atoms with Crippen molar-refractivity contribution in [2.45, 2.75) is 20.3 Å². The van der Waals surface area contributed by atoms with Gasteiger partial charge in [0.25, 0.3) is 0 Å². The van der Waals surface area contributed by atoms with E-state index in [1.54, 1.807) is 0 Å². The second-order valence-electron chi connectivity index (χ2n) is 6.98. The molecule has 0 spiro atoms. The van der Waals surface area contributed by atoms with Crippen LogP contribution in [0.15, 0.2) is 54.7 Å². The minimum absolute atomic E-state index is 0.851. The molecule has 5 nitrogen and oxygen atoms in total. The summed E-state index contributed by atoms with van der Waals surface area (Å²) in [5.41, 5.74) is 8.61. The summed E-state index contributed by atoms with van der Waals surface area (Å²) in [6, 6.07) is 16.8. The van der Waals surface area contributed by atoms with E-state index in [-0.39, 0.29) is 0 Å². The van der Waals surface area contributed by atoms with Gasteiger partial charge in [-0.15, -0.1) is 0 Å². The van der Waals surface area contributed by atoms with E-state index in [0.29, 0.717) is 0 Å². The number of pyridine rings is 1. The fourth-order valence-corrected chi connectivity index (χ4v) is 3.44. The van der Waals surface area contributed by atoms with E-state index in [1.807, 2.05) is 32.2 Å². The lowest BCUT2D eigenvalue weighted by molar-refractivity contribution is 1.17. The van der Waals surface area contributed by atoms with Crippen LogP contribution >= 0.6 is 0 Å². The van der Waals surface area contributed by atoms with Gasteiger partial charge < -0.3 is 9.97 Å². The topological polar surface area (TPSA) is 70.2 Å². The van der Waals surface area contributed by atoms with Gasteiger partial charge in [-0.1, -0.05) is 12.1 Å². The smallest absolute Gasteiger partial charge is 0.140 e. The highest BCUT2D eigenvalue weighted by Gasteiger charge is 2.08. The maximum Gasteiger partial charge on any atom is 0.140 e. The normalized spacial score (nSPS) is 11.5. The molecule has 0 aliphatic rings. The molecule has 0 fully saturated rings. The molecule has 2 aromatic carbocycles. The summed E-state index contributed by atoms with van der Waals surface area (Å²) in [5.74, 6) is 1.79. The number of nitrogens with one attached hydrogen (secondary N) is 2. The van der Waals surface area contributed by atoms with Gasteiger partial charge in [0.05, 0.1) is 22.1 Å². The molecule has 3 heterocycles. The number of aromatic nitrogens is 5. The molecule has 132 valence electrons. The number of H-pyrrole nitrogens is 2. The van der Waals surface area contributed by atoms with Crippen molar-refractivity contribution in [3.8, 4) is 11.4 Å². The highest BCUT2D eigenvalue weighted by molar-refractivity contribution is 5.80. The third-order valence-electron chi connectivity index (χ3n) is 4.80. The van der Waals surface area contributed by atoms with E-state index in [4.69, 9.17) is 4.98 Å². The summed E-state index contributed by atoms with van der Waals surface area (Å²) in [5, 5.41) is 0. The van der Waals surface area contributed by atoms with Crippen LogP contribution in [0.2, 0.25) is 0 Å². The Morgan fingerprint density at radius 3 is 2.19 bits per heavy atom. The number of aromatic amines is 2. The average molecular weight is 353 g/mol. The molecule has 3 aromatic heterocycles. The maximum absolute atomic E-state index is 4.70. The third kappa shape index (κ3) is 2.97. The third-order valence-corrected chi connectivity index (χ3v) is 4.80. The number of aryl methyl sites for hydroxylation is 2. The Labute approximate surface area is 156 Å². The van der Waals surface area contributed by atoms with Gasteiger partial charge in [-0.05, 0) is 67.8 Å². The Hall–Kier alpha value is -3.47. The van der Waals surface area contributed by atoms with Gasteiger partial charge in [-0.25, -0.2) is 9.97 Å². The standard InChI is InChI=1S/C22H19N5/c1-13-3-6-17(12-23-13)22-26-19-8-5-16(11-21(19)27-22)9-15-4-7-18-20(10-15)25-14(2)24-18/h3-8,10-12H,9H2,1-2H3,(H,24,25)(H,26,27). The molecule has 0 saturated carbocycles. The summed E-state index contributed by atoms with van der Waals surface area (Å²) >= 11 is 0. The molecular formula is C22H19N5. The van der Waals surface area contributed by atoms with Crippen LogP contribution in [0.1, 0.15) is 22.6 Å². The van der Waals surface area contributed by atoms with Gasteiger partial charge >= 0.3 is 0 Å². The largest absolute Gasteiger partial charge is 0.342 e. The van der Waals surface area contributed by atoms with E-state index in [2.05, 4.69) is 56.3 Å². The van der Waals surface area contributed by atoms with Crippen LogP contribution in [0.5, 0.6) is 0 Å². The Morgan fingerprint density at radius 2 is 1.48 bits per heavy atom. The van der Waals surface area contributed by atoms with E-state index >= 15 is 0 Å². The van der Waals surface area contributed by atoms with Crippen LogP contribution in [0.4, 0.5) is 0 Å². The fraction of sp³-hybridized carbons (Fsp3) is 0.136. The van der Waals surface area contributed by atoms with Gasteiger partial charge in [-0.3, -0.25) is 4.98 Å². The number of rotatable bonds is 3. The zero-order chi connectivity index (χ0) is 18.4. The Balaban J connectivity index is 1.47. The maximum atomic E-state index is 4.70. The number of hydrogen-bond donors (Lipinski definition) is 2. The van der Waals surface area contributed by atoms with Crippen LogP contribution < -0.4 is 0 Å². The van der Waals surface area contributed by atoms with E-state index in [1.165, 1.54) is 11.1 Å². The summed E-state index contributed by atoms with van der Waals surface area (Å²) in [6.07, 6.45) is 2.72. The molecule has 5 rings (SSSR count). The molecule has 0 atom stereocenters. The molecule has 0 aliphatic carbocycles. The highest BCUT2D eigenvalue weighted by Crippen LogP contribution is 2.23. The first-order valence-corrected chi connectivity index (χ1v) is 9.01. The second-order valence-corrected chi connectivity index (χ2v) is 6.98. The monoisotopic (exact) mass is 353 g/mol. The number of imidazole rings is 2. The van der Waals surface area contributed by atoms with Crippen molar-refractivity contribution in [3.63, 3.8) is 0 Å². The molecule has 0 bridgehead atoms. The molecule has 5 aromatic rings. The predicted molar refractivity (Wildman–Crippen MR) is 108 cm³/mol. The van der Waals surface area contributed by atoms with Crippen molar-refractivity contribution in [3.05, 3.63) is 77.4 Å². The van der Waals surface area contributed by atoms with Crippen molar-refractivity contribution in [1.82, 2.24) is 24.9 Å². The summed E-state index contributed by atoms with van der Waals surface area (Å²) in [4.78, 5) is 20.2. The van der Waals surface area contributed by atoms with E-state index < -0.39 is 0 Å². The number of hydrogen-bond acceptors (Lipinski definition) is 3. The molecule has 0 radical (unpaired) electrons. The summed E-state index contributed by atoms with van der Waals surface area (Å²) in [6.45, 7) is 3.96. The first kappa shape index (κ1) is 15.8. The SMILES string of the molecule is Cc1ccc(-c2nc3ccc(Cc4ccc5nc(C)[nH]c5c4)cc3[nH]2)cn1. The summed E-state index contributed by atoms with van der Waals surface area (Å²) in [7, 11) is 0. The zero-order valence-corrected chi connectivity index (χ0v) is 15.2. The minimum Gasteiger partial charge on any atom is -0.342 e. The lowest BCUT2D eigenvalue weighted by atomic mass is 10.0. The molecule has 27 heavy (non-hydrogen) atoms. The van der Waals surface area contributed by atoms with E-state index in [0.717, 1.165) is 51.4 Å². The Kier molecular flexibility index (Phi) is 3.53. The zero-order valence-electron chi connectivity index (χ0n) is 15.2. The van der Waals surface area contributed by atoms with Gasteiger partial charge in [0, 0.05) is 17.5 Å². The Morgan fingerprint density at radius 1 is 0.778 bits per heavy atom. The molecule has 0 amide bonds. The molecule has 2 N–H and O–H groups in total. The van der Waals surface area contributed by atoms with Crippen molar-refractivity contribution >= 4 is 22.1 Å². The van der Waals surface area contributed by atoms with E-state index in [9.17, 15) is 0 Å². The molecule has 0 saturated heterocycles. The highest BCUT2D eigenvalue weighted by atomic mass is 14.9. The van der Waals surface area contributed by atoms with Crippen LogP contribution in [-0.4, -0.2) is 24.9 Å². The molecular weight excluding hydrogens is 334 g/mol.